The summed E-state index contributed by atoms with van der Waals surface area (Å²) >= 11 is 0. The van der Waals surface area contributed by atoms with Crippen molar-refractivity contribution in [2.24, 2.45) is 0 Å². The number of nitrogens with one attached hydrogen (secondary N) is 2. The van der Waals surface area contributed by atoms with E-state index in [-0.39, 0.29) is 12.7 Å². The molecule has 3 rings (SSSR count). The van der Waals surface area contributed by atoms with E-state index in [2.05, 4.69) is 27.5 Å². The molecule has 2 heterocycles. The van der Waals surface area contributed by atoms with Gasteiger partial charge < -0.3 is 20.1 Å². The molecule has 0 unspecified atom stereocenters. The lowest BCUT2D eigenvalue weighted by Gasteiger charge is -2.08. The van der Waals surface area contributed by atoms with Gasteiger partial charge in [-0.25, -0.2) is 9.97 Å². The predicted octanol–water partition coefficient (Wildman–Crippen LogP) is 3.06. The summed E-state index contributed by atoms with van der Waals surface area (Å²) in [6.45, 7) is 3.14. The SMILES string of the molecule is CCCCCNc1nccc(C(=O)Nc2ccc3c(c2)OCO3)n1. The van der Waals surface area contributed by atoms with Crippen molar-refractivity contribution >= 4 is 17.5 Å². The van der Waals surface area contributed by atoms with Gasteiger partial charge >= 0.3 is 0 Å². The largest absolute Gasteiger partial charge is 0.454 e. The van der Waals surface area contributed by atoms with E-state index in [4.69, 9.17) is 9.47 Å². The van der Waals surface area contributed by atoms with Crippen LogP contribution in [0.4, 0.5) is 11.6 Å². The fourth-order valence-electron chi connectivity index (χ4n) is 2.31. The molecule has 0 atom stereocenters. The maximum atomic E-state index is 12.3. The topological polar surface area (TPSA) is 85.4 Å². The van der Waals surface area contributed by atoms with E-state index < -0.39 is 0 Å². The first-order valence-electron chi connectivity index (χ1n) is 8.04. The second-order valence-electron chi connectivity index (χ2n) is 5.42. The van der Waals surface area contributed by atoms with Crippen molar-refractivity contribution < 1.29 is 14.3 Å². The van der Waals surface area contributed by atoms with Gasteiger partial charge in [-0.1, -0.05) is 19.8 Å². The molecule has 7 nitrogen and oxygen atoms in total. The summed E-state index contributed by atoms with van der Waals surface area (Å²) in [6.07, 6.45) is 4.93. The van der Waals surface area contributed by atoms with Gasteiger partial charge in [0.25, 0.3) is 5.91 Å². The number of benzene rings is 1. The Labute approximate surface area is 140 Å². The van der Waals surface area contributed by atoms with Gasteiger partial charge in [-0.3, -0.25) is 4.79 Å². The summed E-state index contributed by atoms with van der Waals surface area (Å²) < 4.78 is 10.6. The Balaban J connectivity index is 1.62. The first kappa shape index (κ1) is 16.0. The Morgan fingerprint density at radius 2 is 2.08 bits per heavy atom. The second kappa shape index (κ2) is 7.63. The minimum absolute atomic E-state index is 0.200. The van der Waals surface area contributed by atoms with Crippen molar-refractivity contribution in [2.75, 3.05) is 24.0 Å². The average Bonchev–Trinajstić information content (AvgIpc) is 3.07. The van der Waals surface area contributed by atoms with Crippen LogP contribution in [0.25, 0.3) is 0 Å². The highest BCUT2D eigenvalue weighted by molar-refractivity contribution is 6.03. The summed E-state index contributed by atoms with van der Waals surface area (Å²) in [5, 5.41) is 5.93. The van der Waals surface area contributed by atoms with Crippen LogP contribution in [0.2, 0.25) is 0 Å². The number of amides is 1. The van der Waals surface area contributed by atoms with Crippen LogP contribution < -0.4 is 20.1 Å². The third-order valence-electron chi connectivity index (χ3n) is 3.58. The Hall–Kier alpha value is -2.83. The van der Waals surface area contributed by atoms with Crippen molar-refractivity contribution in [2.45, 2.75) is 26.2 Å². The third kappa shape index (κ3) is 3.92. The zero-order valence-electron chi connectivity index (χ0n) is 13.5. The molecular weight excluding hydrogens is 308 g/mol. The molecule has 0 fully saturated rings. The second-order valence-corrected chi connectivity index (χ2v) is 5.42. The molecule has 7 heteroatoms. The van der Waals surface area contributed by atoms with Gasteiger partial charge in [0.2, 0.25) is 12.7 Å². The van der Waals surface area contributed by atoms with Gasteiger partial charge in [0.15, 0.2) is 11.5 Å². The van der Waals surface area contributed by atoms with Crippen molar-refractivity contribution in [1.29, 1.82) is 0 Å². The standard InChI is InChI=1S/C17H20N4O3/c1-2-3-4-8-18-17-19-9-7-13(21-17)16(22)20-12-5-6-14-15(10-12)24-11-23-14/h5-7,9-10H,2-4,8,11H2,1H3,(H,20,22)(H,18,19,21). The van der Waals surface area contributed by atoms with Gasteiger partial charge in [-0.15, -0.1) is 0 Å². The molecule has 0 saturated carbocycles. The first-order chi connectivity index (χ1) is 11.8. The number of nitrogens with zero attached hydrogens (tertiary/aromatic N) is 2. The Morgan fingerprint density at radius 3 is 2.96 bits per heavy atom. The van der Waals surface area contributed by atoms with Crippen molar-refractivity contribution in [3.8, 4) is 11.5 Å². The molecule has 0 radical (unpaired) electrons. The Kier molecular flexibility index (Phi) is 5.10. The zero-order valence-corrected chi connectivity index (χ0v) is 13.5. The zero-order chi connectivity index (χ0) is 16.8. The number of aromatic nitrogens is 2. The van der Waals surface area contributed by atoms with Crippen LogP contribution in [0, 0.1) is 0 Å². The van der Waals surface area contributed by atoms with Crippen molar-refractivity contribution in [3.63, 3.8) is 0 Å². The molecule has 126 valence electrons. The molecule has 1 aliphatic rings. The van der Waals surface area contributed by atoms with E-state index in [1.807, 2.05) is 0 Å². The molecule has 1 amide bonds. The van der Waals surface area contributed by atoms with Gasteiger partial charge in [-0.05, 0) is 24.6 Å². The summed E-state index contributed by atoms with van der Waals surface area (Å²) in [5.41, 5.74) is 0.931. The van der Waals surface area contributed by atoms with E-state index in [1.165, 1.54) is 0 Å². The molecular formula is C17H20N4O3. The third-order valence-corrected chi connectivity index (χ3v) is 3.58. The Morgan fingerprint density at radius 1 is 1.21 bits per heavy atom. The number of fused-ring (bicyclic) bond motifs is 1. The molecule has 0 aliphatic carbocycles. The number of hydrogen-bond donors (Lipinski definition) is 2. The average molecular weight is 328 g/mol. The first-order valence-corrected chi connectivity index (χ1v) is 8.04. The molecule has 1 aliphatic heterocycles. The lowest BCUT2D eigenvalue weighted by molar-refractivity contribution is 0.102. The Bertz CT molecular complexity index is 721. The van der Waals surface area contributed by atoms with Crippen LogP contribution in [0.3, 0.4) is 0 Å². The van der Waals surface area contributed by atoms with E-state index in [0.29, 0.717) is 28.8 Å². The van der Waals surface area contributed by atoms with Gasteiger partial charge in [-0.2, -0.15) is 0 Å². The van der Waals surface area contributed by atoms with Crippen LogP contribution in [0.1, 0.15) is 36.7 Å². The minimum Gasteiger partial charge on any atom is -0.454 e. The molecule has 24 heavy (non-hydrogen) atoms. The molecule has 0 spiro atoms. The molecule has 2 aromatic rings. The van der Waals surface area contributed by atoms with Gasteiger partial charge in [0.1, 0.15) is 5.69 Å². The van der Waals surface area contributed by atoms with Crippen LogP contribution in [-0.4, -0.2) is 29.2 Å². The van der Waals surface area contributed by atoms with Crippen molar-refractivity contribution in [1.82, 2.24) is 9.97 Å². The van der Waals surface area contributed by atoms with Gasteiger partial charge in [0, 0.05) is 24.5 Å². The maximum Gasteiger partial charge on any atom is 0.274 e. The van der Waals surface area contributed by atoms with E-state index >= 15 is 0 Å². The monoisotopic (exact) mass is 328 g/mol. The molecule has 1 aromatic carbocycles. The smallest absolute Gasteiger partial charge is 0.274 e. The summed E-state index contributed by atoms with van der Waals surface area (Å²) in [7, 11) is 0. The number of rotatable bonds is 7. The van der Waals surface area contributed by atoms with Crippen molar-refractivity contribution in [3.05, 3.63) is 36.2 Å². The van der Waals surface area contributed by atoms with E-state index in [1.54, 1.807) is 30.5 Å². The van der Waals surface area contributed by atoms with Crippen LogP contribution in [0.5, 0.6) is 11.5 Å². The van der Waals surface area contributed by atoms with Gasteiger partial charge in [0.05, 0.1) is 0 Å². The highest BCUT2D eigenvalue weighted by Crippen LogP contribution is 2.34. The normalized spacial score (nSPS) is 12.0. The minimum atomic E-state index is -0.298. The van der Waals surface area contributed by atoms with E-state index in [9.17, 15) is 4.79 Å². The lowest BCUT2D eigenvalue weighted by atomic mass is 10.2. The number of unbranched alkanes of at least 4 members (excludes halogenated alkanes) is 2. The fraction of sp³-hybridized carbons (Fsp3) is 0.353. The summed E-state index contributed by atoms with van der Waals surface area (Å²) in [4.78, 5) is 20.7. The number of hydrogen-bond acceptors (Lipinski definition) is 6. The quantitative estimate of drug-likeness (QED) is 0.760. The molecule has 2 N–H and O–H groups in total. The van der Waals surface area contributed by atoms with Crippen LogP contribution in [0.15, 0.2) is 30.5 Å². The van der Waals surface area contributed by atoms with Crippen LogP contribution in [-0.2, 0) is 0 Å². The highest BCUT2D eigenvalue weighted by atomic mass is 16.7. The molecule has 0 bridgehead atoms. The summed E-state index contributed by atoms with van der Waals surface area (Å²) in [6, 6.07) is 6.83. The predicted molar refractivity (Wildman–Crippen MR) is 90.6 cm³/mol. The molecule has 0 saturated heterocycles. The summed E-state index contributed by atoms with van der Waals surface area (Å²) in [5.74, 6) is 1.46. The maximum absolute atomic E-state index is 12.3. The number of anilines is 2. The molecule has 1 aromatic heterocycles. The number of ether oxygens (including phenoxy) is 2. The van der Waals surface area contributed by atoms with E-state index in [0.717, 1.165) is 25.8 Å². The van der Waals surface area contributed by atoms with Crippen LogP contribution >= 0.6 is 0 Å². The highest BCUT2D eigenvalue weighted by Gasteiger charge is 2.15. The lowest BCUT2D eigenvalue weighted by Crippen LogP contribution is -2.15. The number of carbonyl (C=O) groups is 1. The fourth-order valence-corrected chi connectivity index (χ4v) is 2.31. The number of carbonyl (C=O) groups excluding carboxylic acids is 1.